The van der Waals surface area contributed by atoms with E-state index in [0.29, 0.717) is 0 Å². The number of alkyl halides is 2. The predicted molar refractivity (Wildman–Crippen MR) is 55.1 cm³/mol. The summed E-state index contributed by atoms with van der Waals surface area (Å²) in [6.45, 7) is 2.10. The quantitative estimate of drug-likeness (QED) is 0.516. The van der Waals surface area contributed by atoms with Crippen molar-refractivity contribution >= 4 is 32.5 Å². The molecule has 0 saturated carbocycles. The molecule has 0 amide bonds. The van der Waals surface area contributed by atoms with Crippen LogP contribution in [0.5, 0.6) is 0 Å². The normalized spacial score (nSPS) is 12.5. The minimum absolute atomic E-state index is 0.741. The van der Waals surface area contributed by atoms with E-state index in [4.69, 9.17) is 32.1 Å². The summed E-state index contributed by atoms with van der Waals surface area (Å²) in [6.07, 6.45) is 2.82. The molecule has 0 aromatic heterocycles. The van der Waals surface area contributed by atoms with Crippen molar-refractivity contribution in [3.8, 4) is 0 Å². The van der Waals surface area contributed by atoms with Crippen LogP contribution in [0.1, 0.15) is 26.2 Å². The summed E-state index contributed by atoms with van der Waals surface area (Å²) in [5.41, 5.74) is 0. The minimum Gasteiger partial charge on any atom is -0.398 e. The first-order valence-electron chi connectivity index (χ1n) is 4.02. The van der Waals surface area contributed by atoms with Gasteiger partial charge in [-0.15, -0.1) is 23.2 Å². The lowest BCUT2D eigenvalue weighted by molar-refractivity contribution is 0.268. The summed E-state index contributed by atoms with van der Waals surface area (Å²) < 4.78 is 9.44. The zero-order chi connectivity index (χ0) is 9.61. The molecule has 0 N–H and O–H groups in total. The third-order valence-corrected chi connectivity index (χ3v) is 4.92. The van der Waals surface area contributed by atoms with Gasteiger partial charge in [0, 0.05) is 14.2 Å². The Bertz CT molecular complexity index is 118. The van der Waals surface area contributed by atoms with Gasteiger partial charge in [-0.1, -0.05) is 19.8 Å². The molecule has 0 rings (SSSR count). The van der Waals surface area contributed by atoms with Crippen LogP contribution in [0, 0.1) is 0 Å². The van der Waals surface area contributed by atoms with Crippen LogP contribution < -0.4 is 0 Å². The van der Waals surface area contributed by atoms with Crippen LogP contribution in [0.15, 0.2) is 0 Å². The molecular formula is C7H16Cl2O2Si. The molecule has 0 bridgehead atoms. The van der Waals surface area contributed by atoms with Crippen LogP contribution in [-0.4, -0.2) is 27.5 Å². The van der Waals surface area contributed by atoms with Gasteiger partial charge in [0.05, 0.1) is 0 Å². The Morgan fingerprint density at radius 2 is 1.75 bits per heavy atom. The average molecular weight is 231 g/mol. The number of rotatable bonds is 6. The van der Waals surface area contributed by atoms with Crippen molar-refractivity contribution in [3.63, 3.8) is 0 Å². The van der Waals surface area contributed by atoms with Crippen molar-refractivity contribution in [1.82, 2.24) is 0 Å². The molecule has 0 saturated heterocycles. The predicted octanol–water partition coefficient (Wildman–Crippen LogP) is 2.40. The van der Waals surface area contributed by atoms with Gasteiger partial charge < -0.3 is 8.85 Å². The highest BCUT2D eigenvalue weighted by Gasteiger charge is 2.37. The summed E-state index contributed by atoms with van der Waals surface area (Å²) in [5.74, 6) is 0. The zero-order valence-electron chi connectivity index (χ0n) is 7.77. The molecule has 2 nitrogen and oxygen atoms in total. The Labute approximate surface area is 86.0 Å². The van der Waals surface area contributed by atoms with Crippen LogP contribution in [0.2, 0.25) is 0 Å². The second kappa shape index (κ2) is 6.21. The van der Waals surface area contributed by atoms with Crippen molar-refractivity contribution in [2.45, 2.75) is 30.1 Å². The van der Waals surface area contributed by atoms with E-state index in [1.165, 1.54) is 0 Å². The summed E-state index contributed by atoms with van der Waals surface area (Å²) in [5, 5.41) is 0. The highest BCUT2D eigenvalue weighted by molar-refractivity contribution is 6.76. The van der Waals surface area contributed by atoms with Gasteiger partial charge >= 0.3 is 9.28 Å². The van der Waals surface area contributed by atoms with Gasteiger partial charge in [0.15, 0.2) is 3.96 Å². The molecule has 0 fully saturated rings. The van der Waals surface area contributed by atoms with Crippen LogP contribution in [0.25, 0.3) is 0 Å². The van der Waals surface area contributed by atoms with Gasteiger partial charge in [-0.25, -0.2) is 0 Å². The van der Waals surface area contributed by atoms with Gasteiger partial charge in [0.2, 0.25) is 0 Å². The molecule has 0 spiro atoms. The van der Waals surface area contributed by atoms with Crippen LogP contribution >= 0.6 is 23.2 Å². The maximum Gasteiger partial charge on any atom is 0.358 e. The van der Waals surface area contributed by atoms with Crippen molar-refractivity contribution in [3.05, 3.63) is 0 Å². The molecule has 0 aromatic rings. The molecule has 12 heavy (non-hydrogen) atoms. The van der Waals surface area contributed by atoms with E-state index in [0.717, 1.165) is 19.3 Å². The summed E-state index contributed by atoms with van der Waals surface area (Å²) in [6, 6.07) is 0. The fourth-order valence-corrected chi connectivity index (χ4v) is 3.63. The third kappa shape index (κ3) is 4.10. The smallest absolute Gasteiger partial charge is 0.358 e. The lowest BCUT2D eigenvalue weighted by Gasteiger charge is -2.24. The van der Waals surface area contributed by atoms with Gasteiger partial charge in [0.1, 0.15) is 0 Å². The van der Waals surface area contributed by atoms with Crippen LogP contribution in [0.4, 0.5) is 0 Å². The Balaban J connectivity index is 3.96. The van der Waals surface area contributed by atoms with Crippen LogP contribution in [-0.2, 0) is 8.85 Å². The fraction of sp³-hybridized carbons (Fsp3) is 1.00. The molecule has 0 unspecified atom stereocenters. The van der Waals surface area contributed by atoms with E-state index >= 15 is 0 Å². The SMILES string of the molecule is CCCCC(Cl)(Cl)[SiH](OC)OC. The van der Waals surface area contributed by atoms with Crippen molar-refractivity contribution in [2.75, 3.05) is 14.2 Å². The van der Waals surface area contributed by atoms with E-state index < -0.39 is 13.2 Å². The molecule has 0 aliphatic rings. The Morgan fingerprint density at radius 3 is 2.08 bits per heavy atom. The first kappa shape index (κ1) is 12.7. The van der Waals surface area contributed by atoms with E-state index in [1.54, 1.807) is 14.2 Å². The molecule has 0 atom stereocenters. The van der Waals surface area contributed by atoms with Crippen molar-refractivity contribution < 1.29 is 8.85 Å². The van der Waals surface area contributed by atoms with Crippen molar-refractivity contribution in [1.29, 1.82) is 0 Å². The van der Waals surface area contributed by atoms with Gasteiger partial charge in [0.25, 0.3) is 0 Å². The molecular weight excluding hydrogens is 215 g/mol. The van der Waals surface area contributed by atoms with E-state index in [1.807, 2.05) is 0 Å². The number of hydrogen-bond donors (Lipinski definition) is 0. The number of hydrogen-bond acceptors (Lipinski definition) is 2. The summed E-state index contributed by atoms with van der Waals surface area (Å²) in [7, 11) is 1.28. The molecule has 0 aromatic carbocycles. The lowest BCUT2D eigenvalue weighted by atomic mass is 10.3. The molecule has 0 radical (unpaired) electrons. The van der Waals surface area contributed by atoms with Gasteiger partial charge in [-0.05, 0) is 6.42 Å². The third-order valence-electron chi connectivity index (χ3n) is 1.64. The van der Waals surface area contributed by atoms with E-state index in [-0.39, 0.29) is 0 Å². The summed E-state index contributed by atoms with van der Waals surface area (Å²) in [4.78, 5) is 0. The second-order valence-electron chi connectivity index (χ2n) is 2.67. The first-order chi connectivity index (χ1) is 5.58. The maximum absolute atomic E-state index is 6.06. The number of unbranched alkanes of at least 4 members (excludes halogenated alkanes) is 1. The largest absolute Gasteiger partial charge is 0.398 e. The topological polar surface area (TPSA) is 18.5 Å². The highest BCUT2D eigenvalue weighted by Crippen LogP contribution is 2.30. The maximum atomic E-state index is 6.06. The second-order valence-corrected chi connectivity index (χ2v) is 7.53. The van der Waals surface area contributed by atoms with E-state index in [2.05, 4.69) is 6.92 Å². The molecule has 5 heteroatoms. The molecule has 0 aliphatic heterocycles. The average Bonchev–Trinajstić information content (AvgIpc) is 2.03. The fourth-order valence-electron chi connectivity index (χ4n) is 0.971. The molecule has 0 aliphatic carbocycles. The zero-order valence-corrected chi connectivity index (χ0v) is 10.4. The Morgan fingerprint density at radius 1 is 1.25 bits per heavy atom. The highest BCUT2D eigenvalue weighted by atomic mass is 35.5. The van der Waals surface area contributed by atoms with Gasteiger partial charge in [-0.3, -0.25) is 0 Å². The molecule has 74 valence electrons. The first-order valence-corrected chi connectivity index (χ1v) is 6.29. The van der Waals surface area contributed by atoms with Crippen LogP contribution in [0.3, 0.4) is 0 Å². The molecule has 0 heterocycles. The van der Waals surface area contributed by atoms with Gasteiger partial charge in [-0.2, -0.15) is 0 Å². The summed E-state index contributed by atoms with van der Waals surface area (Å²) >= 11 is 12.1. The van der Waals surface area contributed by atoms with E-state index in [9.17, 15) is 0 Å². The number of halogens is 2. The monoisotopic (exact) mass is 230 g/mol. The minimum atomic E-state index is -1.90. The van der Waals surface area contributed by atoms with Crippen molar-refractivity contribution in [2.24, 2.45) is 0 Å². The standard InChI is InChI=1S/C7H16Cl2O2Si/c1-4-5-6-7(8,9)12(10-2)11-3/h12H,4-6H2,1-3H3. The Hall–Kier alpha value is 0.717. The lowest BCUT2D eigenvalue weighted by Crippen LogP contribution is -2.39. The Kier molecular flexibility index (Phi) is 6.58.